The number of aliphatic imine (C=N–C) groups is 1. The summed E-state index contributed by atoms with van der Waals surface area (Å²) >= 11 is 0. The van der Waals surface area contributed by atoms with Crippen LogP contribution >= 0.6 is 24.0 Å². The van der Waals surface area contributed by atoms with E-state index in [0.717, 1.165) is 51.6 Å². The van der Waals surface area contributed by atoms with Gasteiger partial charge in [-0.2, -0.15) is 0 Å². The van der Waals surface area contributed by atoms with Crippen molar-refractivity contribution in [3.8, 4) is 0 Å². The number of hydrogen-bond donors (Lipinski definition) is 2. The maximum absolute atomic E-state index is 5.66. The summed E-state index contributed by atoms with van der Waals surface area (Å²) in [4.78, 5) is 7.14. The zero-order chi connectivity index (χ0) is 15.9. The molecule has 2 aliphatic rings. The monoisotopic (exact) mass is 444 g/mol. The van der Waals surface area contributed by atoms with E-state index in [0.29, 0.717) is 12.1 Å². The first-order valence-electron chi connectivity index (χ1n) is 8.81. The van der Waals surface area contributed by atoms with E-state index in [1.165, 1.54) is 12.1 Å². The van der Waals surface area contributed by atoms with Crippen molar-refractivity contribution >= 4 is 35.6 Å². The molecule has 2 fully saturated rings. The van der Waals surface area contributed by atoms with Crippen molar-refractivity contribution in [2.75, 3.05) is 37.7 Å². The number of nitrogens with zero attached hydrogens (tertiary/aromatic N) is 2. The lowest BCUT2D eigenvalue weighted by molar-refractivity contribution is 0.117. The van der Waals surface area contributed by atoms with Crippen LogP contribution in [0.25, 0.3) is 0 Å². The van der Waals surface area contributed by atoms with Crippen molar-refractivity contribution in [2.45, 2.75) is 38.3 Å². The Balaban J connectivity index is 0.00000208. The van der Waals surface area contributed by atoms with Gasteiger partial charge < -0.3 is 20.3 Å². The van der Waals surface area contributed by atoms with Gasteiger partial charge in [0.25, 0.3) is 0 Å². The lowest BCUT2D eigenvalue weighted by atomic mass is 10.2. The molecule has 2 saturated heterocycles. The summed E-state index contributed by atoms with van der Waals surface area (Å²) in [5, 5.41) is 6.94. The van der Waals surface area contributed by atoms with Crippen LogP contribution in [0.5, 0.6) is 0 Å². The van der Waals surface area contributed by atoms with Crippen molar-refractivity contribution in [3.63, 3.8) is 0 Å². The molecule has 1 aromatic rings. The molecule has 2 aliphatic heterocycles. The molecule has 1 aromatic carbocycles. The summed E-state index contributed by atoms with van der Waals surface area (Å²) in [5.41, 5.74) is 1.30. The van der Waals surface area contributed by atoms with E-state index < -0.39 is 0 Å². The minimum Gasteiger partial charge on any atom is -0.376 e. The second-order valence-electron chi connectivity index (χ2n) is 6.27. The summed E-state index contributed by atoms with van der Waals surface area (Å²) in [5.74, 6) is 0.919. The van der Waals surface area contributed by atoms with Crippen LogP contribution in [-0.4, -0.2) is 50.9 Å². The van der Waals surface area contributed by atoms with Gasteiger partial charge in [-0.3, -0.25) is 4.99 Å². The molecule has 3 rings (SSSR count). The minimum absolute atomic E-state index is 0. The average molecular weight is 444 g/mol. The first-order chi connectivity index (χ1) is 11.3. The number of nitrogens with one attached hydrogen (secondary N) is 2. The number of benzene rings is 1. The lowest BCUT2D eigenvalue weighted by Crippen LogP contribution is -2.45. The van der Waals surface area contributed by atoms with Gasteiger partial charge in [0.1, 0.15) is 0 Å². The maximum atomic E-state index is 5.66. The van der Waals surface area contributed by atoms with Gasteiger partial charge in [-0.15, -0.1) is 24.0 Å². The summed E-state index contributed by atoms with van der Waals surface area (Å²) in [6.07, 6.45) is 3.74. The summed E-state index contributed by atoms with van der Waals surface area (Å²) < 4.78 is 5.66. The summed E-state index contributed by atoms with van der Waals surface area (Å²) in [6.45, 7) is 6.74. The molecule has 0 spiro atoms. The Hall–Kier alpha value is -1.02. The molecule has 0 aromatic heterocycles. The average Bonchev–Trinajstić information content (AvgIpc) is 3.25. The van der Waals surface area contributed by atoms with Gasteiger partial charge >= 0.3 is 0 Å². The predicted molar refractivity (Wildman–Crippen MR) is 111 cm³/mol. The Morgan fingerprint density at radius 1 is 1.29 bits per heavy atom. The van der Waals surface area contributed by atoms with Crippen molar-refractivity contribution in [1.29, 1.82) is 0 Å². The van der Waals surface area contributed by atoms with Crippen LogP contribution in [0.15, 0.2) is 35.3 Å². The van der Waals surface area contributed by atoms with E-state index in [9.17, 15) is 0 Å². The topological polar surface area (TPSA) is 48.9 Å². The Labute approximate surface area is 162 Å². The number of rotatable bonds is 5. The van der Waals surface area contributed by atoms with E-state index in [1.54, 1.807) is 0 Å². The van der Waals surface area contributed by atoms with Crippen LogP contribution in [0, 0.1) is 0 Å². The fraction of sp³-hybridized carbons (Fsp3) is 0.611. The van der Waals surface area contributed by atoms with E-state index >= 15 is 0 Å². The zero-order valence-corrected chi connectivity index (χ0v) is 16.7. The Bertz CT molecular complexity index is 505. The molecule has 5 nitrogen and oxygen atoms in total. The Morgan fingerprint density at radius 3 is 2.83 bits per heavy atom. The third kappa shape index (κ3) is 5.51. The van der Waals surface area contributed by atoms with Gasteiger partial charge in [-0.05, 0) is 38.3 Å². The fourth-order valence-electron chi connectivity index (χ4n) is 3.25. The quantitative estimate of drug-likeness (QED) is 0.417. The number of anilines is 1. The van der Waals surface area contributed by atoms with Gasteiger partial charge in [-0.1, -0.05) is 18.2 Å². The van der Waals surface area contributed by atoms with E-state index in [1.807, 2.05) is 0 Å². The molecule has 134 valence electrons. The van der Waals surface area contributed by atoms with Crippen molar-refractivity contribution in [2.24, 2.45) is 4.99 Å². The Kier molecular flexibility index (Phi) is 8.11. The first kappa shape index (κ1) is 19.3. The Morgan fingerprint density at radius 2 is 2.12 bits per heavy atom. The molecule has 2 N–H and O–H groups in total. The summed E-state index contributed by atoms with van der Waals surface area (Å²) in [7, 11) is 0. The fourth-order valence-corrected chi connectivity index (χ4v) is 3.25. The molecule has 6 heteroatoms. The van der Waals surface area contributed by atoms with Crippen LogP contribution in [0.2, 0.25) is 0 Å². The number of para-hydroxylation sites is 1. The maximum Gasteiger partial charge on any atom is 0.191 e. The molecule has 0 radical (unpaired) electrons. The van der Waals surface area contributed by atoms with Crippen LogP contribution in [0.1, 0.15) is 26.2 Å². The zero-order valence-electron chi connectivity index (χ0n) is 14.4. The smallest absolute Gasteiger partial charge is 0.191 e. The van der Waals surface area contributed by atoms with E-state index in [4.69, 9.17) is 9.73 Å². The number of guanidine groups is 1. The molecule has 0 bridgehead atoms. The van der Waals surface area contributed by atoms with Crippen LogP contribution < -0.4 is 15.5 Å². The normalized spacial score (nSPS) is 23.9. The molecular weight excluding hydrogens is 415 g/mol. The lowest BCUT2D eigenvalue weighted by Gasteiger charge is -2.20. The molecular formula is C18H29IN4O. The second kappa shape index (κ2) is 10.1. The van der Waals surface area contributed by atoms with Crippen LogP contribution in [0.4, 0.5) is 5.69 Å². The van der Waals surface area contributed by atoms with Gasteiger partial charge in [0.15, 0.2) is 5.96 Å². The van der Waals surface area contributed by atoms with Gasteiger partial charge in [-0.25, -0.2) is 0 Å². The number of halogens is 1. The third-order valence-electron chi connectivity index (χ3n) is 4.47. The molecule has 0 saturated carbocycles. The number of ether oxygens (including phenoxy) is 1. The van der Waals surface area contributed by atoms with Crippen molar-refractivity contribution < 1.29 is 4.74 Å². The number of hydrogen-bond acceptors (Lipinski definition) is 3. The SMILES string of the molecule is CCNC(=NCC1CCCO1)NC1CCN(c2ccccc2)C1.I. The highest BCUT2D eigenvalue weighted by atomic mass is 127. The van der Waals surface area contributed by atoms with Crippen LogP contribution in [-0.2, 0) is 4.74 Å². The molecule has 0 aliphatic carbocycles. The molecule has 2 heterocycles. The van der Waals surface area contributed by atoms with Gasteiger partial charge in [0, 0.05) is 38.0 Å². The van der Waals surface area contributed by atoms with Crippen molar-refractivity contribution in [1.82, 2.24) is 10.6 Å². The van der Waals surface area contributed by atoms with E-state index in [-0.39, 0.29) is 24.0 Å². The second-order valence-corrected chi connectivity index (χ2v) is 6.27. The standard InChI is InChI=1S/C18H28N4O.HI/c1-2-19-18(20-13-17-9-6-12-23-17)21-15-10-11-22(14-15)16-7-4-3-5-8-16;/h3-5,7-8,15,17H,2,6,9-14H2,1H3,(H2,19,20,21);1H. The molecule has 2 unspecified atom stereocenters. The molecule has 2 atom stereocenters. The van der Waals surface area contributed by atoms with Gasteiger partial charge in [0.2, 0.25) is 0 Å². The highest BCUT2D eigenvalue weighted by Crippen LogP contribution is 2.19. The predicted octanol–water partition coefficient (Wildman–Crippen LogP) is 2.62. The van der Waals surface area contributed by atoms with E-state index in [2.05, 4.69) is 52.8 Å². The minimum atomic E-state index is 0. The van der Waals surface area contributed by atoms with Gasteiger partial charge in [0.05, 0.1) is 12.6 Å². The van der Waals surface area contributed by atoms with Crippen molar-refractivity contribution in [3.05, 3.63) is 30.3 Å². The third-order valence-corrected chi connectivity index (χ3v) is 4.47. The molecule has 24 heavy (non-hydrogen) atoms. The molecule has 0 amide bonds. The highest BCUT2D eigenvalue weighted by molar-refractivity contribution is 14.0. The largest absolute Gasteiger partial charge is 0.376 e. The summed E-state index contributed by atoms with van der Waals surface area (Å²) in [6, 6.07) is 11.1. The van der Waals surface area contributed by atoms with Crippen LogP contribution in [0.3, 0.4) is 0 Å². The highest BCUT2D eigenvalue weighted by Gasteiger charge is 2.23. The first-order valence-corrected chi connectivity index (χ1v) is 8.81.